The Bertz CT molecular complexity index is 1190. The average molecular weight is 405 g/mol. The number of carbonyl (C=O) groups excluding carboxylic acids is 1. The minimum absolute atomic E-state index is 0.00291. The number of amides is 1. The van der Waals surface area contributed by atoms with Gasteiger partial charge < -0.3 is 9.73 Å². The van der Waals surface area contributed by atoms with Crippen molar-refractivity contribution in [2.24, 2.45) is 0 Å². The molecule has 0 fully saturated rings. The van der Waals surface area contributed by atoms with Gasteiger partial charge in [0.1, 0.15) is 11.1 Å². The van der Waals surface area contributed by atoms with Crippen LogP contribution in [0.5, 0.6) is 0 Å². The molecule has 7 nitrogen and oxygen atoms in total. The van der Waals surface area contributed by atoms with Crippen LogP contribution in [0.25, 0.3) is 11.1 Å². The van der Waals surface area contributed by atoms with E-state index in [-0.39, 0.29) is 11.3 Å². The molecule has 0 atom stereocenters. The summed E-state index contributed by atoms with van der Waals surface area (Å²) in [4.78, 5) is 27.5. The summed E-state index contributed by atoms with van der Waals surface area (Å²) in [5.41, 5.74) is 2.60. The lowest BCUT2D eigenvalue weighted by molar-refractivity contribution is -0.385. The van der Waals surface area contributed by atoms with Gasteiger partial charge in [-0.15, -0.1) is 0 Å². The number of nitro groups is 1. The van der Waals surface area contributed by atoms with Gasteiger partial charge in [-0.2, -0.15) is 0 Å². The molecule has 1 aromatic heterocycles. The van der Waals surface area contributed by atoms with Crippen molar-refractivity contribution < 1.29 is 14.1 Å². The number of nitrogens with zero attached hydrogens (tertiary/aromatic N) is 2. The van der Waals surface area contributed by atoms with Crippen LogP contribution in [-0.4, -0.2) is 15.8 Å². The third-order valence-corrected chi connectivity index (χ3v) is 5.08. The molecule has 8 heteroatoms. The van der Waals surface area contributed by atoms with Crippen LogP contribution in [0.15, 0.2) is 82.4 Å². The molecule has 3 aromatic carbocycles. The van der Waals surface area contributed by atoms with E-state index in [2.05, 4.69) is 10.3 Å². The van der Waals surface area contributed by atoms with E-state index < -0.39 is 10.8 Å². The molecule has 0 saturated heterocycles. The second-order valence-corrected chi connectivity index (χ2v) is 7.09. The number of rotatable bonds is 6. The maximum absolute atomic E-state index is 12.5. The number of anilines is 1. The number of aromatic nitrogens is 1. The first-order valence-corrected chi connectivity index (χ1v) is 9.71. The first kappa shape index (κ1) is 18.7. The fourth-order valence-electron chi connectivity index (χ4n) is 2.79. The minimum atomic E-state index is -0.577. The quantitative estimate of drug-likeness (QED) is 0.266. The third-order valence-electron chi connectivity index (χ3n) is 4.18. The Kier molecular flexibility index (Phi) is 5.26. The van der Waals surface area contributed by atoms with Crippen molar-refractivity contribution in [1.82, 2.24) is 4.98 Å². The lowest BCUT2D eigenvalue weighted by atomic mass is 10.1. The van der Waals surface area contributed by atoms with Crippen LogP contribution in [0.1, 0.15) is 15.9 Å². The molecule has 0 unspecified atom stereocenters. The SMILES string of the molecule is O=C(Nc1ccc2oc(SCc3ccccc3)nc2c1)c1ccccc1[N+](=O)[O-]. The van der Waals surface area contributed by atoms with E-state index in [1.54, 1.807) is 24.3 Å². The van der Waals surface area contributed by atoms with Crippen LogP contribution in [-0.2, 0) is 5.75 Å². The van der Waals surface area contributed by atoms with E-state index in [0.29, 0.717) is 22.0 Å². The molecule has 4 aromatic rings. The Morgan fingerprint density at radius 2 is 1.83 bits per heavy atom. The number of nitro benzene ring substituents is 1. The Hall–Kier alpha value is -3.65. The molecule has 4 rings (SSSR count). The number of nitrogens with one attached hydrogen (secondary N) is 1. The monoisotopic (exact) mass is 405 g/mol. The maximum Gasteiger partial charge on any atom is 0.282 e. The number of hydrogen-bond donors (Lipinski definition) is 1. The molecule has 0 aliphatic carbocycles. The summed E-state index contributed by atoms with van der Waals surface area (Å²) >= 11 is 1.48. The fourth-order valence-corrected chi connectivity index (χ4v) is 3.58. The standard InChI is InChI=1S/C21H15N3O4S/c25-20(16-8-4-5-9-18(16)24(26)27)22-15-10-11-19-17(12-15)23-21(28-19)29-13-14-6-2-1-3-7-14/h1-12H,13H2,(H,22,25). The van der Waals surface area contributed by atoms with E-state index in [9.17, 15) is 14.9 Å². The van der Waals surface area contributed by atoms with Gasteiger partial charge in [-0.3, -0.25) is 14.9 Å². The molecule has 1 heterocycles. The Morgan fingerprint density at radius 3 is 2.62 bits per heavy atom. The molecule has 29 heavy (non-hydrogen) atoms. The highest BCUT2D eigenvalue weighted by atomic mass is 32.2. The van der Waals surface area contributed by atoms with Gasteiger partial charge in [-0.05, 0) is 29.8 Å². The second-order valence-electron chi connectivity index (χ2n) is 6.16. The summed E-state index contributed by atoms with van der Waals surface area (Å²) in [6.45, 7) is 0. The van der Waals surface area contributed by atoms with Gasteiger partial charge in [0.15, 0.2) is 5.58 Å². The zero-order chi connectivity index (χ0) is 20.2. The molecular weight excluding hydrogens is 390 g/mol. The van der Waals surface area contributed by atoms with E-state index in [1.807, 2.05) is 30.3 Å². The van der Waals surface area contributed by atoms with Crippen LogP contribution in [0.3, 0.4) is 0 Å². The molecular formula is C21H15N3O4S. The van der Waals surface area contributed by atoms with Gasteiger partial charge in [0.05, 0.1) is 4.92 Å². The lowest BCUT2D eigenvalue weighted by Crippen LogP contribution is -2.13. The summed E-state index contributed by atoms with van der Waals surface area (Å²) in [7, 11) is 0. The van der Waals surface area contributed by atoms with E-state index >= 15 is 0 Å². The number of thioether (sulfide) groups is 1. The molecule has 1 amide bonds. The van der Waals surface area contributed by atoms with Gasteiger partial charge in [0.2, 0.25) is 0 Å². The molecule has 0 bridgehead atoms. The van der Waals surface area contributed by atoms with Crippen molar-refractivity contribution in [2.75, 3.05) is 5.32 Å². The van der Waals surface area contributed by atoms with Crippen molar-refractivity contribution in [1.29, 1.82) is 0 Å². The zero-order valence-corrected chi connectivity index (χ0v) is 15.9. The molecule has 0 aliphatic rings. The van der Waals surface area contributed by atoms with Gasteiger partial charge in [-0.25, -0.2) is 4.98 Å². The maximum atomic E-state index is 12.5. The number of oxazole rings is 1. The van der Waals surface area contributed by atoms with E-state index in [0.717, 1.165) is 11.3 Å². The predicted octanol–water partition coefficient (Wildman–Crippen LogP) is 5.28. The summed E-state index contributed by atoms with van der Waals surface area (Å²) in [5, 5.41) is 14.3. The largest absolute Gasteiger partial charge is 0.431 e. The van der Waals surface area contributed by atoms with Gasteiger partial charge >= 0.3 is 0 Å². The smallest absolute Gasteiger partial charge is 0.282 e. The van der Waals surface area contributed by atoms with E-state index in [4.69, 9.17) is 4.42 Å². The minimum Gasteiger partial charge on any atom is -0.431 e. The zero-order valence-electron chi connectivity index (χ0n) is 15.1. The fraction of sp³-hybridized carbons (Fsp3) is 0.0476. The highest BCUT2D eigenvalue weighted by Crippen LogP contribution is 2.28. The van der Waals surface area contributed by atoms with Crippen LogP contribution < -0.4 is 5.32 Å². The van der Waals surface area contributed by atoms with Crippen molar-refractivity contribution in [2.45, 2.75) is 11.0 Å². The molecule has 0 radical (unpaired) electrons. The highest BCUT2D eigenvalue weighted by Gasteiger charge is 2.19. The van der Waals surface area contributed by atoms with Crippen molar-refractivity contribution >= 4 is 40.1 Å². The molecule has 144 valence electrons. The average Bonchev–Trinajstić information content (AvgIpc) is 3.15. The van der Waals surface area contributed by atoms with Crippen LogP contribution in [0.4, 0.5) is 11.4 Å². The van der Waals surface area contributed by atoms with Crippen LogP contribution in [0, 0.1) is 10.1 Å². The normalized spacial score (nSPS) is 10.8. The number of benzene rings is 3. The van der Waals surface area contributed by atoms with Crippen LogP contribution in [0.2, 0.25) is 0 Å². The molecule has 1 N–H and O–H groups in total. The summed E-state index contributed by atoms with van der Waals surface area (Å²) in [5.74, 6) is 0.174. The van der Waals surface area contributed by atoms with Gasteiger partial charge in [0.25, 0.3) is 16.8 Å². The molecule has 0 saturated carbocycles. The predicted molar refractivity (Wildman–Crippen MR) is 111 cm³/mol. The lowest BCUT2D eigenvalue weighted by Gasteiger charge is -2.05. The first-order chi connectivity index (χ1) is 14.1. The van der Waals surface area contributed by atoms with Crippen molar-refractivity contribution in [3.8, 4) is 0 Å². The molecule has 0 aliphatic heterocycles. The number of hydrogen-bond acceptors (Lipinski definition) is 6. The number of fused-ring (bicyclic) bond motifs is 1. The molecule has 0 spiro atoms. The second kappa shape index (κ2) is 8.15. The number of carbonyl (C=O) groups is 1. The summed E-state index contributed by atoms with van der Waals surface area (Å²) < 4.78 is 5.73. The van der Waals surface area contributed by atoms with Gasteiger partial charge in [0, 0.05) is 17.5 Å². The van der Waals surface area contributed by atoms with Crippen molar-refractivity contribution in [3.05, 3.63) is 94.0 Å². The Balaban J connectivity index is 1.50. The van der Waals surface area contributed by atoms with Crippen molar-refractivity contribution in [3.63, 3.8) is 0 Å². The first-order valence-electron chi connectivity index (χ1n) is 8.72. The Labute approximate surface area is 169 Å². The topological polar surface area (TPSA) is 98.3 Å². The highest BCUT2D eigenvalue weighted by molar-refractivity contribution is 7.98. The summed E-state index contributed by atoms with van der Waals surface area (Å²) in [6.07, 6.45) is 0. The van der Waals surface area contributed by atoms with E-state index in [1.165, 1.54) is 30.0 Å². The number of para-hydroxylation sites is 1. The van der Waals surface area contributed by atoms with Gasteiger partial charge in [-0.1, -0.05) is 54.2 Å². The third kappa shape index (κ3) is 4.27. The van der Waals surface area contributed by atoms with Crippen LogP contribution >= 0.6 is 11.8 Å². The Morgan fingerprint density at radius 1 is 1.07 bits per heavy atom. The summed E-state index contributed by atoms with van der Waals surface area (Å²) in [6, 6.07) is 20.9.